The van der Waals surface area contributed by atoms with Crippen molar-refractivity contribution in [3.8, 4) is 0 Å². The summed E-state index contributed by atoms with van der Waals surface area (Å²) in [5.41, 5.74) is -0.0206. The van der Waals surface area contributed by atoms with Gasteiger partial charge in [0.05, 0.1) is 0 Å². The molecule has 1 aromatic carbocycles. The summed E-state index contributed by atoms with van der Waals surface area (Å²) < 4.78 is 26.2. The maximum absolute atomic E-state index is 13.1. The molecule has 0 aromatic heterocycles. The molecule has 0 radical (unpaired) electrons. The Morgan fingerprint density at radius 1 is 1.29 bits per heavy atom. The summed E-state index contributed by atoms with van der Waals surface area (Å²) >= 11 is 0. The summed E-state index contributed by atoms with van der Waals surface area (Å²) in [6, 6.07) is 3.86. The van der Waals surface area contributed by atoms with Gasteiger partial charge >= 0.3 is 0 Å². The third kappa shape index (κ3) is 2.69. The van der Waals surface area contributed by atoms with Crippen molar-refractivity contribution in [2.24, 2.45) is 5.92 Å². The van der Waals surface area contributed by atoms with Gasteiger partial charge in [-0.25, -0.2) is 8.78 Å². The summed E-state index contributed by atoms with van der Waals surface area (Å²) in [5, 5.41) is 2.78. The minimum absolute atomic E-state index is 0.0206. The van der Waals surface area contributed by atoms with Crippen molar-refractivity contribution in [2.75, 3.05) is 11.9 Å². The Morgan fingerprint density at radius 2 is 1.86 bits per heavy atom. The Hall–Kier alpha value is -1.12. The molecule has 0 aliphatic rings. The molecule has 1 atom stereocenters. The first-order chi connectivity index (χ1) is 6.65. The molecule has 0 amide bonds. The second-order valence-electron chi connectivity index (χ2n) is 3.49. The van der Waals surface area contributed by atoms with Crippen molar-refractivity contribution in [1.29, 1.82) is 0 Å². The molecular formula is C11H15F2N. The Labute approximate surface area is 83.1 Å². The van der Waals surface area contributed by atoms with Crippen LogP contribution in [0.25, 0.3) is 0 Å². The molecule has 0 saturated heterocycles. The predicted octanol–water partition coefficient (Wildman–Crippen LogP) is 3.42. The molecule has 0 aliphatic heterocycles. The van der Waals surface area contributed by atoms with Crippen LogP contribution in [0.2, 0.25) is 0 Å². The zero-order valence-corrected chi connectivity index (χ0v) is 8.48. The van der Waals surface area contributed by atoms with Crippen LogP contribution in [0.1, 0.15) is 20.3 Å². The number of para-hydroxylation sites is 1. The quantitative estimate of drug-likeness (QED) is 0.783. The fourth-order valence-electron chi connectivity index (χ4n) is 1.09. The van der Waals surface area contributed by atoms with E-state index in [-0.39, 0.29) is 5.69 Å². The van der Waals surface area contributed by atoms with E-state index in [0.717, 1.165) is 6.42 Å². The smallest absolute Gasteiger partial charge is 0.149 e. The topological polar surface area (TPSA) is 12.0 Å². The van der Waals surface area contributed by atoms with Gasteiger partial charge in [-0.3, -0.25) is 0 Å². The maximum Gasteiger partial charge on any atom is 0.149 e. The molecule has 1 nitrogen and oxygen atoms in total. The Balaban J connectivity index is 2.66. The molecule has 1 aromatic rings. The van der Waals surface area contributed by atoms with Gasteiger partial charge in [-0.15, -0.1) is 0 Å². The maximum atomic E-state index is 13.1. The Morgan fingerprint density at radius 3 is 2.36 bits per heavy atom. The molecule has 1 N–H and O–H groups in total. The molecular weight excluding hydrogens is 184 g/mol. The normalized spacial score (nSPS) is 12.6. The first kappa shape index (κ1) is 11.0. The van der Waals surface area contributed by atoms with Crippen LogP contribution in [0.15, 0.2) is 18.2 Å². The van der Waals surface area contributed by atoms with Gasteiger partial charge < -0.3 is 5.32 Å². The van der Waals surface area contributed by atoms with E-state index in [0.29, 0.717) is 12.5 Å². The van der Waals surface area contributed by atoms with E-state index in [4.69, 9.17) is 0 Å². The van der Waals surface area contributed by atoms with Gasteiger partial charge in [0.25, 0.3) is 0 Å². The fraction of sp³-hybridized carbons (Fsp3) is 0.455. The molecule has 0 fully saturated rings. The molecule has 0 aliphatic carbocycles. The molecule has 0 saturated carbocycles. The van der Waals surface area contributed by atoms with E-state index in [2.05, 4.69) is 5.32 Å². The molecule has 1 rings (SSSR count). The number of benzene rings is 1. The average molecular weight is 199 g/mol. The number of halogens is 2. The Kier molecular flexibility index (Phi) is 3.86. The van der Waals surface area contributed by atoms with Crippen molar-refractivity contribution in [2.45, 2.75) is 20.3 Å². The summed E-state index contributed by atoms with van der Waals surface area (Å²) in [4.78, 5) is 0. The van der Waals surface area contributed by atoms with Gasteiger partial charge in [0.15, 0.2) is 0 Å². The van der Waals surface area contributed by atoms with Crippen LogP contribution in [-0.2, 0) is 0 Å². The van der Waals surface area contributed by atoms with Crippen LogP contribution in [0.4, 0.5) is 14.5 Å². The minimum Gasteiger partial charge on any atom is -0.380 e. The lowest BCUT2D eigenvalue weighted by Crippen LogP contribution is -2.12. The van der Waals surface area contributed by atoms with Gasteiger partial charge in [0, 0.05) is 6.54 Å². The van der Waals surface area contributed by atoms with Crippen molar-refractivity contribution in [3.63, 3.8) is 0 Å². The van der Waals surface area contributed by atoms with Gasteiger partial charge in [0.1, 0.15) is 17.3 Å². The van der Waals surface area contributed by atoms with E-state index in [9.17, 15) is 8.78 Å². The molecule has 14 heavy (non-hydrogen) atoms. The van der Waals surface area contributed by atoms with Gasteiger partial charge in [-0.05, 0) is 18.1 Å². The lowest BCUT2D eigenvalue weighted by Gasteiger charge is -2.12. The lowest BCUT2D eigenvalue weighted by molar-refractivity contribution is 0.566. The first-order valence-electron chi connectivity index (χ1n) is 4.83. The number of rotatable bonds is 4. The molecule has 1 unspecified atom stereocenters. The second kappa shape index (κ2) is 4.94. The highest BCUT2D eigenvalue weighted by Crippen LogP contribution is 2.18. The van der Waals surface area contributed by atoms with Crippen LogP contribution in [0, 0.1) is 17.6 Å². The third-order valence-electron chi connectivity index (χ3n) is 2.29. The van der Waals surface area contributed by atoms with Crippen LogP contribution < -0.4 is 5.32 Å². The second-order valence-corrected chi connectivity index (χ2v) is 3.49. The first-order valence-corrected chi connectivity index (χ1v) is 4.83. The number of hydrogen-bond donors (Lipinski definition) is 1. The van der Waals surface area contributed by atoms with Gasteiger partial charge in [0.2, 0.25) is 0 Å². The van der Waals surface area contributed by atoms with Crippen LogP contribution in [0.3, 0.4) is 0 Å². The zero-order valence-electron chi connectivity index (χ0n) is 8.48. The highest BCUT2D eigenvalue weighted by Gasteiger charge is 2.08. The Bertz CT molecular complexity index is 279. The van der Waals surface area contributed by atoms with Crippen molar-refractivity contribution >= 4 is 5.69 Å². The summed E-state index contributed by atoms with van der Waals surface area (Å²) in [6.45, 7) is 4.67. The summed E-state index contributed by atoms with van der Waals surface area (Å²) in [7, 11) is 0. The molecule has 3 heteroatoms. The number of nitrogens with one attached hydrogen (secondary N) is 1. The van der Waals surface area contributed by atoms with Crippen LogP contribution in [-0.4, -0.2) is 6.54 Å². The minimum atomic E-state index is -0.534. The van der Waals surface area contributed by atoms with E-state index < -0.39 is 11.6 Å². The lowest BCUT2D eigenvalue weighted by atomic mass is 10.1. The van der Waals surface area contributed by atoms with E-state index >= 15 is 0 Å². The van der Waals surface area contributed by atoms with E-state index in [1.165, 1.54) is 18.2 Å². The highest BCUT2D eigenvalue weighted by molar-refractivity contribution is 5.45. The standard InChI is InChI=1S/C11H15F2N/c1-3-8(2)7-14-11-9(12)5-4-6-10(11)13/h4-6,8,14H,3,7H2,1-2H3. The highest BCUT2D eigenvalue weighted by atomic mass is 19.1. The summed E-state index contributed by atoms with van der Waals surface area (Å²) in [6.07, 6.45) is 0.989. The predicted molar refractivity (Wildman–Crippen MR) is 54.3 cm³/mol. The van der Waals surface area contributed by atoms with Crippen molar-refractivity contribution in [1.82, 2.24) is 0 Å². The number of hydrogen-bond acceptors (Lipinski definition) is 1. The van der Waals surface area contributed by atoms with Crippen LogP contribution in [0.5, 0.6) is 0 Å². The van der Waals surface area contributed by atoms with Crippen molar-refractivity contribution < 1.29 is 8.78 Å². The zero-order chi connectivity index (χ0) is 10.6. The molecule has 0 spiro atoms. The molecule has 78 valence electrons. The van der Waals surface area contributed by atoms with Gasteiger partial charge in [-0.1, -0.05) is 26.3 Å². The largest absolute Gasteiger partial charge is 0.380 e. The monoisotopic (exact) mass is 199 g/mol. The van der Waals surface area contributed by atoms with Crippen molar-refractivity contribution in [3.05, 3.63) is 29.8 Å². The van der Waals surface area contributed by atoms with E-state index in [1.54, 1.807) is 0 Å². The molecule has 0 bridgehead atoms. The SMILES string of the molecule is CCC(C)CNc1c(F)cccc1F. The average Bonchev–Trinajstić information content (AvgIpc) is 2.16. The third-order valence-corrected chi connectivity index (χ3v) is 2.29. The van der Waals surface area contributed by atoms with Gasteiger partial charge in [-0.2, -0.15) is 0 Å². The summed E-state index contributed by atoms with van der Waals surface area (Å²) in [5.74, 6) is -0.657. The molecule has 0 heterocycles. The fourth-order valence-corrected chi connectivity index (χ4v) is 1.09. The number of anilines is 1. The van der Waals surface area contributed by atoms with Crippen LogP contribution >= 0.6 is 0 Å². The van der Waals surface area contributed by atoms with E-state index in [1.807, 2.05) is 13.8 Å².